The number of H-pyrrole nitrogens is 1. The van der Waals surface area contributed by atoms with E-state index in [2.05, 4.69) is 15.4 Å². The Morgan fingerprint density at radius 3 is 2.67 bits per heavy atom. The first-order valence-corrected chi connectivity index (χ1v) is 5.50. The summed E-state index contributed by atoms with van der Waals surface area (Å²) in [7, 11) is 0. The molecule has 0 saturated heterocycles. The van der Waals surface area contributed by atoms with Gasteiger partial charge in [0, 0.05) is 11.5 Å². The van der Waals surface area contributed by atoms with Gasteiger partial charge in [-0.2, -0.15) is 4.79 Å². The minimum atomic E-state index is -0.202. The molecule has 88 valence electrons. The summed E-state index contributed by atoms with van der Waals surface area (Å²) in [4.78, 5) is 12.2. The van der Waals surface area contributed by atoms with Crippen LogP contribution in [0, 0.1) is 0 Å². The van der Waals surface area contributed by atoms with Crippen LogP contribution in [0.25, 0.3) is 10.8 Å². The van der Waals surface area contributed by atoms with Crippen LogP contribution < -0.4 is 5.56 Å². The third-order valence-corrected chi connectivity index (χ3v) is 2.61. The summed E-state index contributed by atoms with van der Waals surface area (Å²) in [5, 5.41) is 12.7. The molecule has 2 aromatic carbocycles. The molecule has 5 nitrogen and oxygen atoms in total. The number of nitrogens with zero attached hydrogens (tertiary/aromatic N) is 3. The van der Waals surface area contributed by atoms with Gasteiger partial charge >= 0.3 is 0 Å². The fraction of sp³-hybridized carbons (Fsp3) is 0. The molecule has 0 saturated carbocycles. The Morgan fingerprint density at radius 2 is 1.83 bits per heavy atom. The van der Waals surface area contributed by atoms with Crippen LogP contribution in [0.15, 0.2) is 69.9 Å². The Hall–Kier alpha value is -2.69. The second kappa shape index (κ2) is 4.29. The summed E-state index contributed by atoms with van der Waals surface area (Å²) in [6.45, 7) is 0. The molecule has 0 amide bonds. The van der Waals surface area contributed by atoms with Gasteiger partial charge in [-0.3, -0.25) is 4.79 Å². The van der Waals surface area contributed by atoms with Gasteiger partial charge in [0.25, 0.3) is 5.56 Å². The van der Waals surface area contributed by atoms with Crippen molar-refractivity contribution in [3.8, 4) is 0 Å². The van der Waals surface area contributed by atoms with Crippen LogP contribution in [0.2, 0.25) is 0 Å². The number of fused-ring (bicyclic) bond motifs is 1. The Kier molecular flexibility index (Phi) is 2.49. The van der Waals surface area contributed by atoms with Crippen LogP contribution in [0.1, 0.15) is 0 Å². The monoisotopic (exact) mass is 238 g/mol. The van der Waals surface area contributed by atoms with E-state index in [1.165, 1.54) is 17.1 Å². The lowest BCUT2D eigenvalue weighted by Crippen LogP contribution is -1.99. The van der Waals surface area contributed by atoms with Gasteiger partial charge < -0.3 is 0 Å². The molecule has 1 heterocycles. The van der Waals surface area contributed by atoms with Gasteiger partial charge in [-0.25, -0.2) is 5.10 Å². The molecule has 0 bridgehead atoms. The van der Waals surface area contributed by atoms with E-state index >= 15 is 0 Å². The van der Waals surface area contributed by atoms with Crippen LogP contribution in [0.5, 0.6) is 0 Å². The molecule has 0 fully saturated rings. The van der Waals surface area contributed by atoms with Gasteiger partial charge in [-0.1, -0.05) is 36.4 Å². The molecular formula is C13H10N4O. The van der Waals surface area contributed by atoms with Crippen molar-refractivity contribution in [2.24, 2.45) is 10.3 Å². The smallest absolute Gasteiger partial charge is 0.265 e. The number of rotatable bonds is 2. The molecule has 0 aliphatic carbocycles. The molecule has 0 atom stereocenters. The standard InChI is InChI=1S/C13H10N4O/c18-13-8-9-17(15-13)16-14-12-7-3-5-10-4-1-2-6-11(10)12/h1-9H,(H,15,18). The van der Waals surface area contributed by atoms with Crippen LogP contribution in [-0.2, 0) is 0 Å². The number of hydrogen-bond donors (Lipinski definition) is 1. The number of aromatic nitrogens is 2. The fourth-order valence-electron chi connectivity index (χ4n) is 1.77. The third kappa shape index (κ3) is 1.93. The van der Waals surface area contributed by atoms with E-state index in [1.807, 2.05) is 42.5 Å². The molecule has 0 aliphatic heterocycles. The third-order valence-electron chi connectivity index (χ3n) is 2.61. The van der Waals surface area contributed by atoms with Gasteiger partial charge in [0.05, 0.1) is 11.9 Å². The number of nitrogens with one attached hydrogen (secondary N) is 1. The van der Waals surface area contributed by atoms with E-state index in [1.54, 1.807) is 0 Å². The average molecular weight is 238 g/mol. The molecule has 0 radical (unpaired) electrons. The molecule has 0 aliphatic rings. The van der Waals surface area contributed by atoms with E-state index < -0.39 is 0 Å². The minimum Gasteiger partial charge on any atom is -0.268 e. The van der Waals surface area contributed by atoms with E-state index in [-0.39, 0.29) is 5.56 Å². The maximum Gasteiger partial charge on any atom is 0.265 e. The molecule has 5 heteroatoms. The lowest BCUT2D eigenvalue weighted by Gasteiger charge is -1.99. The van der Waals surface area contributed by atoms with Crippen molar-refractivity contribution in [2.75, 3.05) is 0 Å². The summed E-state index contributed by atoms with van der Waals surface area (Å²) >= 11 is 0. The van der Waals surface area contributed by atoms with Gasteiger partial charge in [-0.15, -0.1) is 5.11 Å². The number of aromatic amines is 1. The SMILES string of the molecule is O=c1ccn(N=Nc2cccc3ccccc23)[nH]1. The average Bonchev–Trinajstić information content (AvgIpc) is 2.82. The molecule has 3 rings (SSSR count). The van der Waals surface area contributed by atoms with Crippen LogP contribution in [0.3, 0.4) is 0 Å². The molecule has 1 aromatic heterocycles. The molecule has 1 N–H and O–H groups in total. The lowest BCUT2D eigenvalue weighted by atomic mass is 10.1. The Bertz CT molecular complexity index is 764. The lowest BCUT2D eigenvalue weighted by molar-refractivity contribution is 0.685. The van der Waals surface area contributed by atoms with Crippen molar-refractivity contribution < 1.29 is 0 Å². The van der Waals surface area contributed by atoms with Gasteiger partial charge in [0.1, 0.15) is 0 Å². The van der Waals surface area contributed by atoms with Crippen molar-refractivity contribution in [3.63, 3.8) is 0 Å². The maximum absolute atomic E-state index is 10.9. The largest absolute Gasteiger partial charge is 0.268 e. The first-order chi connectivity index (χ1) is 8.83. The Labute approximate surface area is 102 Å². The minimum absolute atomic E-state index is 0.202. The summed E-state index contributed by atoms with van der Waals surface area (Å²) in [5.74, 6) is 0. The highest BCUT2D eigenvalue weighted by molar-refractivity contribution is 5.92. The number of hydrogen-bond acceptors (Lipinski definition) is 3. The van der Waals surface area contributed by atoms with E-state index in [9.17, 15) is 4.79 Å². The highest BCUT2D eigenvalue weighted by Crippen LogP contribution is 2.25. The zero-order valence-corrected chi connectivity index (χ0v) is 9.45. The van der Waals surface area contributed by atoms with E-state index in [0.717, 1.165) is 16.5 Å². The Morgan fingerprint density at radius 1 is 1.00 bits per heavy atom. The van der Waals surface area contributed by atoms with Crippen molar-refractivity contribution >= 4 is 16.5 Å². The second-order valence-corrected chi connectivity index (χ2v) is 3.82. The number of benzene rings is 2. The van der Waals surface area contributed by atoms with Gasteiger partial charge in [0.2, 0.25) is 0 Å². The topological polar surface area (TPSA) is 62.5 Å². The van der Waals surface area contributed by atoms with Crippen LogP contribution >= 0.6 is 0 Å². The molecule has 3 aromatic rings. The highest BCUT2D eigenvalue weighted by Gasteiger charge is 1.98. The summed E-state index contributed by atoms with van der Waals surface area (Å²) in [6.07, 6.45) is 1.52. The normalized spacial score (nSPS) is 11.3. The zero-order chi connectivity index (χ0) is 12.4. The second-order valence-electron chi connectivity index (χ2n) is 3.82. The van der Waals surface area contributed by atoms with Crippen molar-refractivity contribution in [3.05, 3.63) is 65.1 Å². The first kappa shape index (κ1) is 10.5. The van der Waals surface area contributed by atoms with Crippen LogP contribution in [-0.4, -0.2) is 9.89 Å². The quantitative estimate of drug-likeness (QED) is 0.685. The molecule has 0 unspecified atom stereocenters. The van der Waals surface area contributed by atoms with Gasteiger partial charge in [0.15, 0.2) is 0 Å². The van der Waals surface area contributed by atoms with Crippen molar-refractivity contribution in [1.82, 2.24) is 9.89 Å². The highest BCUT2D eigenvalue weighted by atomic mass is 16.1. The predicted molar refractivity (Wildman–Crippen MR) is 68.9 cm³/mol. The van der Waals surface area contributed by atoms with Crippen LogP contribution in [0.4, 0.5) is 5.69 Å². The maximum atomic E-state index is 10.9. The van der Waals surface area contributed by atoms with E-state index in [4.69, 9.17) is 0 Å². The summed E-state index contributed by atoms with van der Waals surface area (Å²) in [5.41, 5.74) is 0.564. The van der Waals surface area contributed by atoms with E-state index in [0.29, 0.717) is 0 Å². The zero-order valence-electron chi connectivity index (χ0n) is 9.45. The molecule has 18 heavy (non-hydrogen) atoms. The summed E-state index contributed by atoms with van der Waals surface area (Å²) < 4.78 is 0. The molecular weight excluding hydrogens is 228 g/mol. The van der Waals surface area contributed by atoms with Crippen molar-refractivity contribution in [1.29, 1.82) is 0 Å². The predicted octanol–water partition coefficient (Wildman–Crippen LogP) is 2.88. The van der Waals surface area contributed by atoms with Gasteiger partial charge in [-0.05, 0) is 16.7 Å². The summed E-state index contributed by atoms with van der Waals surface area (Å²) in [6, 6.07) is 15.2. The fourth-order valence-corrected chi connectivity index (χ4v) is 1.77. The van der Waals surface area contributed by atoms with Crippen molar-refractivity contribution in [2.45, 2.75) is 0 Å². The Balaban J connectivity index is 2.05. The first-order valence-electron chi connectivity index (χ1n) is 5.50. The molecule has 0 spiro atoms.